The Morgan fingerprint density at radius 3 is 2.04 bits per heavy atom. The molecule has 0 aliphatic carbocycles. The molecule has 0 aliphatic rings. The molecule has 0 fully saturated rings. The average Bonchev–Trinajstić information content (AvgIpc) is 2.52. The van der Waals surface area contributed by atoms with Crippen LogP contribution in [0.4, 0.5) is 0 Å². The van der Waals surface area contributed by atoms with Gasteiger partial charge in [0.2, 0.25) is 11.4 Å². The van der Waals surface area contributed by atoms with E-state index in [-0.39, 0.29) is 19.6 Å². The van der Waals surface area contributed by atoms with Crippen molar-refractivity contribution in [2.24, 2.45) is 0 Å². The highest BCUT2D eigenvalue weighted by molar-refractivity contribution is 6.07. The van der Waals surface area contributed by atoms with E-state index in [0.29, 0.717) is 0 Å². The zero-order chi connectivity index (χ0) is 18.4. The number of carbonyl (C=O) groups excluding carboxylic acids is 3. The first-order valence-corrected chi connectivity index (χ1v) is 8.47. The fraction of sp³-hybridized carbons (Fsp3) is 0.667. The lowest BCUT2D eigenvalue weighted by atomic mass is 9.94. The second-order valence-electron chi connectivity index (χ2n) is 5.30. The van der Waals surface area contributed by atoms with Crippen LogP contribution < -0.4 is 5.32 Å². The molecule has 0 saturated carbocycles. The molecular formula is C18H29NO5. The van der Waals surface area contributed by atoms with Crippen molar-refractivity contribution < 1.29 is 23.9 Å². The number of ether oxygens (including phenoxy) is 2. The maximum Gasteiger partial charge on any atom is 0.344 e. The highest BCUT2D eigenvalue weighted by Crippen LogP contribution is 2.17. The maximum absolute atomic E-state index is 12.3. The van der Waals surface area contributed by atoms with Crippen LogP contribution in [-0.2, 0) is 23.9 Å². The van der Waals surface area contributed by atoms with Crippen molar-refractivity contribution in [1.82, 2.24) is 5.32 Å². The third-order valence-electron chi connectivity index (χ3n) is 3.23. The molecule has 0 aromatic heterocycles. The summed E-state index contributed by atoms with van der Waals surface area (Å²) in [7, 11) is 0. The summed E-state index contributed by atoms with van der Waals surface area (Å²) in [5, 5.41) is 2.40. The van der Waals surface area contributed by atoms with Gasteiger partial charge in [-0.2, -0.15) is 0 Å². The van der Waals surface area contributed by atoms with Crippen LogP contribution in [0.1, 0.15) is 59.8 Å². The highest BCUT2D eigenvalue weighted by atomic mass is 16.6. The summed E-state index contributed by atoms with van der Waals surface area (Å²) < 4.78 is 9.95. The summed E-state index contributed by atoms with van der Waals surface area (Å²) in [5.74, 6) is -2.18. The van der Waals surface area contributed by atoms with Gasteiger partial charge in [0.25, 0.3) is 0 Å². The molecule has 6 nitrogen and oxygen atoms in total. The van der Waals surface area contributed by atoms with Gasteiger partial charge in [0.05, 0.1) is 13.2 Å². The van der Waals surface area contributed by atoms with Gasteiger partial charge in [-0.05, 0) is 38.8 Å². The van der Waals surface area contributed by atoms with Crippen LogP contribution >= 0.6 is 0 Å². The van der Waals surface area contributed by atoms with Crippen molar-refractivity contribution in [3.63, 3.8) is 0 Å². The Balaban J connectivity index is 5.32. The van der Waals surface area contributed by atoms with E-state index in [0.717, 1.165) is 25.7 Å². The van der Waals surface area contributed by atoms with Crippen LogP contribution in [0.2, 0.25) is 0 Å². The summed E-state index contributed by atoms with van der Waals surface area (Å²) >= 11 is 0. The first-order valence-electron chi connectivity index (χ1n) is 8.47. The van der Waals surface area contributed by atoms with Gasteiger partial charge in [-0.3, -0.25) is 4.79 Å². The first-order chi connectivity index (χ1) is 11.4. The number of rotatable bonds is 11. The van der Waals surface area contributed by atoms with Crippen LogP contribution in [-0.4, -0.2) is 36.6 Å². The topological polar surface area (TPSA) is 81.7 Å². The Hall–Kier alpha value is -2.07. The Kier molecular flexibility index (Phi) is 11.3. The Morgan fingerprint density at radius 2 is 1.58 bits per heavy atom. The summed E-state index contributed by atoms with van der Waals surface area (Å²) in [6.07, 6.45) is 7.53. The van der Waals surface area contributed by atoms with Crippen LogP contribution in [0.15, 0.2) is 17.9 Å². The smallest absolute Gasteiger partial charge is 0.344 e. The molecule has 0 aromatic carbocycles. The molecule has 0 atom stereocenters. The second kappa shape index (κ2) is 12.4. The minimum absolute atomic E-state index is 0.0749. The molecule has 0 bridgehead atoms. The second-order valence-corrected chi connectivity index (χ2v) is 5.30. The van der Waals surface area contributed by atoms with E-state index < -0.39 is 23.4 Å². The molecule has 1 N–H and O–H groups in total. The minimum atomic E-state index is -1.87. The Morgan fingerprint density at radius 1 is 1.00 bits per heavy atom. The zero-order valence-electron chi connectivity index (χ0n) is 15.1. The molecule has 136 valence electrons. The van der Waals surface area contributed by atoms with Crippen molar-refractivity contribution in [2.75, 3.05) is 13.2 Å². The number of hydrogen-bond acceptors (Lipinski definition) is 5. The van der Waals surface area contributed by atoms with Crippen molar-refractivity contribution in [2.45, 2.75) is 65.3 Å². The van der Waals surface area contributed by atoms with Crippen molar-refractivity contribution in [3.05, 3.63) is 17.9 Å². The largest absolute Gasteiger partial charge is 0.464 e. The molecule has 0 spiro atoms. The molecule has 0 saturated heterocycles. The molecule has 0 rings (SSSR count). The predicted octanol–water partition coefficient (Wildman–Crippen LogP) is 2.67. The maximum atomic E-state index is 12.3. The van der Waals surface area contributed by atoms with Gasteiger partial charge in [-0.1, -0.05) is 19.8 Å². The fourth-order valence-electron chi connectivity index (χ4n) is 2.09. The normalized spacial score (nSPS) is 10.3. The monoisotopic (exact) mass is 339 g/mol. The van der Waals surface area contributed by atoms with E-state index in [1.807, 2.05) is 6.08 Å². The summed E-state index contributed by atoms with van der Waals surface area (Å²) in [6, 6.07) is 0. The molecule has 1 amide bonds. The molecule has 0 heterocycles. The van der Waals surface area contributed by atoms with Gasteiger partial charge in [0, 0.05) is 13.3 Å². The van der Waals surface area contributed by atoms with E-state index in [9.17, 15) is 14.4 Å². The molecule has 6 heteroatoms. The van der Waals surface area contributed by atoms with Crippen LogP contribution in [0.25, 0.3) is 0 Å². The fourth-order valence-corrected chi connectivity index (χ4v) is 2.09. The van der Waals surface area contributed by atoms with Gasteiger partial charge < -0.3 is 14.8 Å². The number of esters is 2. The van der Waals surface area contributed by atoms with Gasteiger partial charge >= 0.3 is 11.9 Å². The van der Waals surface area contributed by atoms with Crippen molar-refractivity contribution in [3.8, 4) is 0 Å². The van der Waals surface area contributed by atoms with Crippen LogP contribution in [0, 0.1) is 0 Å². The molecule has 0 radical (unpaired) electrons. The summed E-state index contributed by atoms with van der Waals surface area (Å²) in [5.41, 5.74) is 1.08. The Labute approximate surface area is 144 Å². The van der Waals surface area contributed by atoms with Gasteiger partial charge in [-0.15, -0.1) is 5.73 Å². The van der Waals surface area contributed by atoms with E-state index in [2.05, 4.69) is 18.0 Å². The summed E-state index contributed by atoms with van der Waals surface area (Å²) in [6.45, 7) is 6.81. The number of hydrogen-bond donors (Lipinski definition) is 1. The molecular weight excluding hydrogens is 310 g/mol. The van der Waals surface area contributed by atoms with Crippen LogP contribution in [0.3, 0.4) is 0 Å². The number of unbranched alkanes of at least 4 members (excludes halogenated alkanes) is 3. The Bertz CT molecular complexity index is 460. The molecule has 0 unspecified atom stereocenters. The lowest BCUT2D eigenvalue weighted by Crippen LogP contribution is -2.60. The van der Waals surface area contributed by atoms with E-state index in [4.69, 9.17) is 9.47 Å². The molecule has 0 aromatic rings. The van der Waals surface area contributed by atoms with E-state index in [1.54, 1.807) is 19.9 Å². The minimum Gasteiger partial charge on any atom is -0.464 e. The van der Waals surface area contributed by atoms with E-state index >= 15 is 0 Å². The number of nitrogens with one attached hydrogen (secondary N) is 1. The third kappa shape index (κ3) is 7.47. The van der Waals surface area contributed by atoms with Gasteiger partial charge in [0.15, 0.2) is 0 Å². The van der Waals surface area contributed by atoms with Gasteiger partial charge in [0.1, 0.15) is 0 Å². The number of amides is 1. The standard InChI is InChI=1S/C18H29NO5/c1-5-8-9-10-11-12-13-14-18(19-15(4)20,16(21)23-6-2)17(22)24-7-3/h11,13H,5-10,14H2,1-4H3,(H,19,20). The quantitative estimate of drug-likeness (QED) is 0.271. The summed E-state index contributed by atoms with van der Waals surface area (Å²) in [4.78, 5) is 36.2. The van der Waals surface area contributed by atoms with E-state index in [1.165, 1.54) is 6.92 Å². The highest BCUT2D eigenvalue weighted by Gasteiger charge is 2.49. The van der Waals surface area contributed by atoms with Crippen LogP contribution in [0.5, 0.6) is 0 Å². The van der Waals surface area contributed by atoms with Crippen molar-refractivity contribution in [1.29, 1.82) is 0 Å². The van der Waals surface area contributed by atoms with Gasteiger partial charge in [-0.25, -0.2) is 9.59 Å². The first kappa shape index (κ1) is 21.9. The lowest BCUT2D eigenvalue weighted by molar-refractivity contribution is -0.167. The van der Waals surface area contributed by atoms with Crippen molar-refractivity contribution >= 4 is 17.8 Å². The predicted molar refractivity (Wildman–Crippen MR) is 91.2 cm³/mol. The zero-order valence-corrected chi connectivity index (χ0v) is 15.1. The SMILES string of the molecule is CCCCCC=C=CCC(NC(C)=O)(C(=O)OCC)C(=O)OCC. The molecule has 0 aliphatic heterocycles. The lowest BCUT2D eigenvalue weighted by Gasteiger charge is -2.28. The molecule has 24 heavy (non-hydrogen) atoms. The third-order valence-corrected chi connectivity index (χ3v) is 3.23. The number of carbonyl (C=O) groups is 3. The average molecular weight is 339 g/mol.